The van der Waals surface area contributed by atoms with E-state index in [9.17, 15) is 9.50 Å². The van der Waals surface area contributed by atoms with Crippen molar-refractivity contribution in [3.63, 3.8) is 0 Å². The molecule has 100 valence electrons. The van der Waals surface area contributed by atoms with Crippen molar-refractivity contribution in [1.82, 2.24) is 4.98 Å². The van der Waals surface area contributed by atoms with Crippen molar-refractivity contribution >= 4 is 5.69 Å². The lowest BCUT2D eigenvalue weighted by Crippen LogP contribution is -2.12. The number of methoxy groups -OCH3 is 1. The quantitative estimate of drug-likeness (QED) is 0.868. The molecule has 1 unspecified atom stereocenters. The van der Waals surface area contributed by atoms with Gasteiger partial charge in [0.2, 0.25) is 5.88 Å². The van der Waals surface area contributed by atoms with Gasteiger partial charge in [-0.25, -0.2) is 9.37 Å². The Morgan fingerprint density at radius 2 is 2.21 bits per heavy atom. The van der Waals surface area contributed by atoms with E-state index in [1.54, 1.807) is 37.6 Å². The van der Waals surface area contributed by atoms with Gasteiger partial charge >= 0.3 is 0 Å². The van der Waals surface area contributed by atoms with E-state index in [1.807, 2.05) is 0 Å². The molecule has 0 aliphatic rings. The van der Waals surface area contributed by atoms with Crippen LogP contribution in [0.2, 0.25) is 0 Å². The average molecular weight is 262 g/mol. The van der Waals surface area contributed by atoms with Gasteiger partial charge in [-0.1, -0.05) is 12.1 Å². The number of ether oxygens (including phenoxy) is 1. The van der Waals surface area contributed by atoms with Crippen molar-refractivity contribution in [2.24, 2.45) is 0 Å². The van der Waals surface area contributed by atoms with E-state index in [0.717, 1.165) is 5.69 Å². The van der Waals surface area contributed by atoms with Gasteiger partial charge in [0.1, 0.15) is 5.82 Å². The van der Waals surface area contributed by atoms with Crippen LogP contribution in [0.5, 0.6) is 5.88 Å². The molecule has 2 N–H and O–H groups in total. The first-order valence-corrected chi connectivity index (χ1v) is 5.86. The SMILES string of the molecule is COc1ccc(NCC(O)c2cccc(F)c2)cn1. The Labute approximate surface area is 110 Å². The summed E-state index contributed by atoms with van der Waals surface area (Å²) in [5.74, 6) is 0.166. The van der Waals surface area contributed by atoms with E-state index in [0.29, 0.717) is 11.4 Å². The molecular formula is C14H15FN2O2. The Hall–Kier alpha value is -2.14. The summed E-state index contributed by atoms with van der Waals surface area (Å²) >= 11 is 0. The highest BCUT2D eigenvalue weighted by atomic mass is 19.1. The topological polar surface area (TPSA) is 54.4 Å². The number of aliphatic hydroxyl groups is 1. The first-order chi connectivity index (χ1) is 9.19. The number of benzene rings is 1. The number of anilines is 1. The van der Waals surface area contributed by atoms with Crippen LogP contribution in [0.3, 0.4) is 0 Å². The Balaban J connectivity index is 1.94. The van der Waals surface area contributed by atoms with Gasteiger partial charge < -0.3 is 15.2 Å². The van der Waals surface area contributed by atoms with Crippen LogP contribution in [0.1, 0.15) is 11.7 Å². The third-order valence-corrected chi connectivity index (χ3v) is 2.68. The van der Waals surface area contributed by atoms with Crippen molar-refractivity contribution in [3.05, 3.63) is 54.0 Å². The summed E-state index contributed by atoms with van der Waals surface area (Å²) < 4.78 is 18.0. The van der Waals surface area contributed by atoms with Crippen LogP contribution in [-0.2, 0) is 0 Å². The molecule has 0 saturated carbocycles. The summed E-state index contributed by atoms with van der Waals surface area (Å²) in [6, 6.07) is 9.43. The standard InChI is InChI=1S/C14H15FN2O2/c1-19-14-6-5-12(8-17-14)16-9-13(18)10-3-2-4-11(15)7-10/h2-8,13,16,18H,9H2,1H3. The van der Waals surface area contributed by atoms with Gasteiger partial charge in [0.25, 0.3) is 0 Å². The highest BCUT2D eigenvalue weighted by molar-refractivity contribution is 5.42. The number of aliphatic hydroxyl groups excluding tert-OH is 1. The number of rotatable bonds is 5. The highest BCUT2D eigenvalue weighted by Gasteiger charge is 2.08. The second kappa shape index (κ2) is 6.15. The number of hydrogen-bond donors (Lipinski definition) is 2. The third-order valence-electron chi connectivity index (χ3n) is 2.68. The molecule has 0 aliphatic heterocycles. The monoisotopic (exact) mass is 262 g/mol. The predicted molar refractivity (Wildman–Crippen MR) is 70.6 cm³/mol. The Kier molecular flexibility index (Phi) is 4.30. The molecule has 1 heterocycles. The number of nitrogens with one attached hydrogen (secondary N) is 1. The van der Waals surface area contributed by atoms with E-state index in [-0.39, 0.29) is 12.4 Å². The maximum atomic E-state index is 13.0. The molecule has 1 aromatic heterocycles. The van der Waals surface area contributed by atoms with Crippen molar-refractivity contribution in [2.75, 3.05) is 19.0 Å². The lowest BCUT2D eigenvalue weighted by Gasteiger charge is -2.13. The van der Waals surface area contributed by atoms with Gasteiger partial charge in [0.15, 0.2) is 0 Å². The molecule has 0 amide bonds. The molecule has 0 bridgehead atoms. The maximum absolute atomic E-state index is 13.0. The zero-order valence-electron chi connectivity index (χ0n) is 10.5. The van der Waals surface area contributed by atoms with Gasteiger partial charge in [-0.2, -0.15) is 0 Å². The lowest BCUT2D eigenvalue weighted by molar-refractivity contribution is 0.191. The van der Waals surface area contributed by atoms with E-state index in [4.69, 9.17) is 4.74 Å². The van der Waals surface area contributed by atoms with E-state index in [2.05, 4.69) is 10.3 Å². The molecule has 4 nitrogen and oxygen atoms in total. The molecule has 0 fully saturated rings. The molecular weight excluding hydrogens is 247 g/mol. The summed E-state index contributed by atoms with van der Waals surface area (Å²) in [7, 11) is 1.54. The second-order valence-electron chi connectivity index (χ2n) is 4.04. The highest BCUT2D eigenvalue weighted by Crippen LogP contribution is 2.16. The second-order valence-corrected chi connectivity index (χ2v) is 4.04. The van der Waals surface area contributed by atoms with Crippen LogP contribution < -0.4 is 10.1 Å². The Bertz CT molecular complexity index is 531. The third kappa shape index (κ3) is 3.66. The fourth-order valence-corrected chi connectivity index (χ4v) is 1.65. The zero-order valence-corrected chi connectivity index (χ0v) is 10.5. The summed E-state index contributed by atoms with van der Waals surface area (Å²) in [5.41, 5.74) is 1.30. The summed E-state index contributed by atoms with van der Waals surface area (Å²) in [5, 5.41) is 13.0. The van der Waals surface area contributed by atoms with Gasteiger partial charge in [-0.05, 0) is 23.8 Å². The normalized spacial score (nSPS) is 11.9. The van der Waals surface area contributed by atoms with Crippen LogP contribution in [0.25, 0.3) is 0 Å². The molecule has 0 spiro atoms. The number of halogens is 1. The number of nitrogens with zero attached hydrogens (tertiary/aromatic N) is 1. The smallest absolute Gasteiger partial charge is 0.213 e. The summed E-state index contributed by atoms with van der Waals surface area (Å²) in [6.45, 7) is 0.275. The molecule has 0 saturated heterocycles. The number of hydrogen-bond acceptors (Lipinski definition) is 4. The zero-order chi connectivity index (χ0) is 13.7. The molecule has 2 rings (SSSR count). The van der Waals surface area contributed by atoms with Gasteiger partial charge in [0.05, 0.1) is 25.1 Å². The number of pyridine rings is 1. The minimum Gasteiger partial charge on any atom is -0.481 e. The molecule has 0 radical (unpaired) electrons. The van der Waals surface area contributed by atoms with Crippen molar-refractivity contribution < 1.29 is 14.2 Å². The van der Waals surface area contributed by atoms with Crippen LogP contribution in [0, 0.1) is 5.82 Å². The van der Waals surface area contributed by atoms with Gasteiger partial charge in [-0.15, -0.1) is 0 Å². The van der Waals surface area contributed by atoms with Crippen LogP contribution in [-0.4, -0.2) is 23.7 Å². The van der Waals surface area contributed by atoms with Crippen LogP contribution >= 0.6 is 0 Å². The average Bonchev–Trinajstić information content (AvgIpc) is 2.45. The van der Waals surface area contributed by atoms with Gasteiger partial charge in [-0.3, -0.25) is 0 Å². The van der Waals surface area contributed by atoms with Crippen molar-refractivity contribution in [1.29, 1.82) is 0 Å². The fourth-order valence-electron chi connectivity index (χ4n) is 1.65. The minimum absolute atomic E-state index is 0.275. The first-order valence-electron chi connectivity index (χ1n) is 5.86. The number of aromatic nitrogens is 1. The summed E-state index contributed by atoms with van der Waals surface area (Å²) in [4.78, 5) is 4.04. The maximum Gasteiger partial charge on any atom is 0.213 e. The molecule has 19 heavy (non-hydrogen) atoms. The molecule has 1 atom stereocenters. The molecule has 0 aliphatic carbocycles. The first kappa shape index (κ1) is 13.3. The molecule has 5 heteroatoms. The van der Waals surface area contributed by atoms with E-state index in [1.165, 1.54) is 12.1 Å². The lowest BCUT2D eigenvalue weighted by atomic mass is 10.1. The van der Waals surface area contributed by atoms with Crippen molar-refractivity contribution in [3.8, 4) is 5.88 Å². The Morgan fingerprint density at radius 3 is 2.84 bits per heavy atom. The van der Waals surface area contributed by atoms with Gasteiger partial charge in [0, 0.05) is 12.6 Å². The Morgan fingerprint density at radius 1 is 1.37 bits per heavy atom. The molecule has 2 aromatic rings. The van der Waals surface area contributed by atoms with Crippen LogP contribution in [0.15, 0.2) is 42.6 Å². The van der Waals surface area contributed by atoms with E-state index < -0.39 is 6.10 Å². The predicted octanol–water partition coefficient (Wildman–Crippen LogP) is 2.37. The minimum atomic E-state index is -0.780. The fraction of sp³-hybridized carbons (Fsp3) is 0.214. The van der Waals surface area contributed by atoms with Crippen molar-refractivity contribution in [2.45, 2.75) is 6.10 Å². The summed E-state index contributed by atoms with van der Waals surface area (Å²) in [6.07, 6.45) is 0.828. The van der Waals surface area contributed by atoms with E-state index >= 15 is 0 Å². The largest absolute Gasteiger partial charge is 0.481 e. The van der Waals surface area contributed by atoms with Crippen LogP contribution in [0.4, 0.5) is 10.1 Å². The molecule has 1 aromatic carbocycles.